The minimum Gasteiger partial charge on any atom is -0.497 e. The van der Waals surface area contributed by atoms with E-state index in [2.05, 4.69) is 5.32 Å². The lowest BCUT2D eigenvalue weighted by atomic mass is 10.1. The third-order valence-corrected chi connectivity index (χ3v) is 8.08. The maximum absolute atomic E-state index is 13.2. The van der Waals surface area contributed by atoms with Gasteiger partial charge in [-0.15, -0.1) is 0 Å². The number of ether oxygens (including phenoxy) is 2. The summed E-state index contributed by atoms with van der Waals surface area (Å²) in [7, 11) is -2.33. The van der Waals surface area contributed by atoms with Crippen molar-refractivity contribution < 1.29 is 27.5 Å². The highest BCUT2D eigenvalue weighted by atomic mass is 32.2. The molecule has 0 spiro atoms. The number of rotatable bonds is 9. The quantitative estimate of drug-likeness (QED) is 0.596. The SMILES string of the molecule is COc1ccc(CCNC(=O)COC(=O)C2(S(=O)(=O)c3ccccc3)CCCC2)cc1. The lowest BCUT2D eigenvalue weighted by molar-refractivity contribution is -0.151. The van der Waals surface area contributed by atoms with Gasteiger partial charge in [0.15, 0.2) is 21.2 Å². The first-order valence-electron chi connectivity index (χ1n) is 10.3. The fraction of sp³-hybridized carbons (Fsp3) is 0.391. The summed E-state index contributed by atoms with van der Waals surface area (Å²) in [5.41, 5.74) is 1.02. The first-order chi connectivity index (χ1) is 14.9. The molecule has 1 saturated carbocycles. The van der Waals surface area contributed by atoms with Gasteiger partial charge in [0.25, 0.3) is 5.91 Å². The van der Waals surface area contributed by atoms with Crippen LogP contribution in [0.15, 0.2) is 59.5 Å². The maximum atomic E-state index is 13.2. The Kier molecular flexibility index (Phi) is 7.33. The molecule has 0 unspecified atom stereocenters. The van der Waals surface area contributed by atoms with Crippen LogP contribution in [0.2, 0.25) is 0 Å². The van der Waals surface area contributed by atoms with E-state index in [-0.39, 0.29) is 17.7 Å². The van der Waals surface area contributed by atoms with Crippen molar-refractivity contribution in [3.8, 4) is 5.75 Å². The van der Waals surface area contributed by atoms with E-state index < -0.39 is 33.1 Å². The van der Waals surface area contributed by atoms with Crippen LogP contribution in [0.25, 0.3) is 0 Å². The molecule has 1 amide bonds. The van der Waals surface area contributed by atoms with Crippen LogP contribution in [-0.2, 0) is 30.6 Å². The molecule has 2 aromatic rings. The zero-order valence-corrected chi connectivity index (χ0v) is 18.3. The summed E-state index contributed by atoms with van der Waals surface area (Å²) in [4.78, 5) is 25.1. The van der Waals surface area contributed by atoms with Crippen LogP contribution in [0.4, 0.5) is 0 Å². The molecule has 0 bridgehead atoms. The van der Waals surface area contributed by atoms with Crippen molar-refractivity contribution in [3.63, 3.8) is 0 Å². The molecule has 3 rings (SSSR count). The maximum Gasteiger partial charge on any atom is 0.328 e. The number of benzene rings is 2. The molecule has 0 aliphatic heterocycles. The van der Waals surface area contributed by atoms with Crippen molar-refractivity contribution >= 4 is 21.7 Å². The van der Waals surface area contributed by atoms with E-state index in [1.54, 1.807) is 25.3 Å². The lowest BCUT2D eigenvalue weighted by Gasteiger charge is -2.26. The Balaban J connectivity index is 1.56. The van der Waals surface area contributed by atoms with Gasteiger partial charge in [-0.2, -0.15) is 0 Å². The summed E-state index contributed by atoms with van der Waals surface area (Å²) in [5.74, 6) is -0.558. The Morgan fingerprint density at radius 3 is 2.26 bits per heavy atom. The molecule has 31 heavy (non-hydrogen) atoms. The summed E-state index contributed by atoms with van der Waals surface area (Å²) in [6.45, 7) is -0.135. The van der Waals surface area contributed by atoms with Gasteiger partial charge in [0, 0.05) is 6.54 Å². The van der Waals surface area contributed by atoms with Crippen molar-refractivity contribution in [1.29, 1.82) is 0 Å². The number of methoxy groups -OCH3 is 1. The Morgan fingerprint density at radius 1 is 1.00 bits per heavy atom. The van der Waals surface area contributed by atoms with Crippen LogP contribution in [0.5, 0.6) is 5.75 Å². The van der Waals surface area contributed by atoms with Crippen molar-refractivity contribution in [2.75, 3.05) is 20.3 Å². The average molecular weight is 446 g/mol. The molecule has 1 aliphatic rings. The molecule has 1 fully saturated rings. The van der Waals surface area contributed by atoms with Gasteiger partial charge >= 0.3 is 5.97 Å². The largest absolute Gasteiger partial charge is 0.497 e. The van der Waals surface area contributed by atoms with Crippen molar-refractivity contribution in [3.05, 3.63) is 60.2 Å². The van der Waals surface area contributed by atoms with Crippen LogP contribution in [0.1, 0.15) is 31.2 Å². The number of carbonyl (C=O) groups is 2. The summed E-state index contributed by atoms with van der Waals surface area (Å²) >= 11 is 0. The summed E-state index contributed by atoms with van der Waals surface area (Å²) in [6.07, 6.45) is 2.24. The van der Waals surface area contributed by atoms with Gasteiger partial charge in [-0.1, -0.05) is 43.2 Å². The monoisotopic (exact) mass is 445 g/mol. The fourth-order valence-electron chi connectivity index (χ4n) is 3.81. The number of hydrogen-bond donors (Lipinski definition) is 1. The first-order valence-corrected chi connectivity index (χ1v) is 11.7. The fourth-order valence-corrected chi connectivity index (χ4v) is 5.88. The first kappa shape index (κ1) is 22.8. The van der Waals surface area contributed by atoms with Crippen molar-refractivity contribution in [1.82, 2.24) is 5.32 Å². The topological polar surface area (TPSA) is 98.8 Å². The molecule has 0 saturated heterocycles. The molecule has 8 heteroatoms. The number of esters is 1. The van der Waals surface area contributed by atoms with Crippen LogP contribution >= 0.6 is 0 Å². The van der Waals surface area contributed by atoms with E-state index in [1.165, 1.54) is 12.1 Å². The standard InChI is InChI=1S/C23H27NO6S/c1-29-19-11-9-18(10-12-19)13-16-24-21(25)17-30-22(26)23(14-5-6-15-23)31(27,28)20-7-3-2-4-8-20/h2-4,7-12H,5-6,13-17H2,1H3,(H,24,25). The molecule has 0 radical (unpaired) electrons. The molecule has 7 nitrogen and oxygen atoms in total. The van der Waals surface area contributed by atoms with Gasteiger partial charge in [-0.3, -0.25) is 9.59 Å². The predicted molar refractivity (Wildman–Crippen MR) is 115 cm³/mol. The second kappa shape index (κ2) is 9.96. The summed E-state index contributed by atoms with van der Waals surface area (Å²) in [6, 6.07) is 15.4. The summed E-state index contributed by atoms with van der Waals surface area (Å²) < 4.78 is 35.1. The number of sulfone groups is 1. The number of carbonyl (C=O) groups excluding carboxylic acids is 2. The molecule has 2 aromatic carbocycles. The normalized spacial score (nSPS) is 15.3. The van der Waals surface area contributed by atoms with Crippen LogP contribution in [0, 0.1) is 0 Å². The highest BCUT2D eigenvalue weighted by Crippen LogP contribution is 2.41. The van der Waals surface area contributed by atoms with E-state index in [9.17, 15) is 18.0 Å². The van der Waals surface area contributed by atoms with Gasteiger partial charge < -0.3 is 14.8 Å². The molecule has 166 valence electrons. The van der Waals surface area contributed by atoms with Crippen molar-refractivity contribution in [2.24, 2.45) is 0 Å². The molecule has 0 aromatic heterocycles. The minimum atomic E-state index is -3.92. The van der Waals surface area contributed by atoms with Crippen LogP contribution < -0.4 is 10.1 Å². The Bertz CT molecular complexity index is 996. The van der Waals surface area contributed by atoms with Gasteiger partial charge in [-0.25, -0.2) is 8.42 Å². The van der Waals surface area contributed by atoms with Crippen LogP contribution in [0.3, 0.4) is 0 Å². The molecular weight excluding hydrogens is 418 g/mol. The highest BCUT2D eigenvalue weighted by molar-refractivity contribution is 7.93. The predicted octanol–water partition coefficient (Wildman–Crippen LogP) is 2.68. The number of nitrogens with one attached hydrogen (secondary N) is 1. The Morgan fingerprint density at radius 2 is 1.65 bits per heavy atom. The van der Waals surface area contributed by atoms with Gasteiger partial charge in [0.2, 0.25) is 0 Å². The smallest absolute Gasteiger partial charge is 0.328 e. The highest BCUT2D eigenvalue weighted by Gasteiger charge is 2.54. The van der Waals surface area contributed by atoms with Gasteiger partial charge in [-0.05, 0) is 49.1 Å². The molecule has 1 N–H and O–H groups in total. The molecule has 1 aliphatic carbocycles. The second-order valence-corrected chi connectivity index (χ2v) is 9.80. The molecule has 0 heterocycles. The average Bonchev–Trinajstić information content (AvgIpc) is 3.30. The Labute approximate surface area is 182 Å². The van der Waals surface area contributed by atoms with E-state index >= 15 is 0 Å². The third kappa shape index (κ3) is 5.07. The van der Waals surface area contributed by atoms with Gasteiger partial charge in [0.05, 0.1) is 12.0 Å². The minimum absolute atomic E-state index is 0.0952. The number of hydrogen-bond acceptors (Lipinski definition) is 6. The van der Waals surface area contributed by atoms with E-state index in [0.717, 1.165) is 11.3 Å². The zero-order valence-electron chi connectivity index (χ0n) is 17.5. The molecule has 0 atom stereocenters. The summed E-state index contributed by atoms with van der Waals surface area (Å²) in [5, 5.41) is 2.69. The van der Waals surface area contributed by atoms with Crippen LogP contribution in [-0.4, -0.2) is 45.3 Å². The number of amides is 1. The molecular formula is C23H27NO6S. The van der Waals surface area contributed by atoms with Crippen molar-refractivity contribution in [2.45, 2.75) is 41.7 Å². The van der Waals surface area contributed by atoms with E-state index in [0.29, 0.717) is 25.8 Å². The van der Waals surface area contributed by atoms with E-state index in [4.69, 9.17) is 9.47 Å². The third-order valence-electron chi connectivity index (χ3n) is 5.58. The van der Waals surface area contributed by atoms with Gasteiger partial charge in [0.1, 0.15) is 5.75 Å². The lowest BCUT2D eigenvalue weighted by Crippen LogP contribution is -2.46. The van der Waals surface area contributed by atoms with E-state index in [1.807, 2.05) is 24.3 Å². The second-order valence-electron chi connectivity index (χ2n) is 7.54. The Hall–Kier alpha value is -2.87. The zero-order chi connectivity index (χ0) is 22.3.